The third kappa shape index (κ3) is 2.19. The highest BCUT2D eigenvalue weighted by Crippen LogP contribution is 2.35. The maximum absolute atomic E-state index is 13.8. The smallest absolute Gasteiger partial charge is 0.293 e. The minimum atomic E-state index is -0.973. The van der Waals surface area contributed by atoms with E-state index in [1.807, 2.05) is 0 Å². The average molecular weight is 249 g/mol. The van der Waals surface area contributed by atoms with Gasteiger partial charge in [0.15, 0.2) is 0 Å². The molecule has 0 amide bonds. The highest BCUT2D eigenvalue weighted by Gasteiger charge is 2.45. The number of hydrogen-bond acceptors (Lipinski definition) is 4. The van der Waals surface area contributed by atoms with Crippen molar-refractivity contribution in [3.8, 4) is 0 Å². The number of rotatable bonds is 4. The van der Waals surface area contributed by atoms with E-state index < -0.39 is 5.54 Å². The Morgan fingerprint density at radius 2 is 2.33 bits per heavy atom. The number of nitrogens with zero attached hydrogens (tertiary/aromatic N) is 1. The molecule has 3 N–H and O–H groups in total. The van der Waals surface area contributed by atoms with Crippen LogP contribution in [0.25, 0.3) is 0 Å². The van der Waals surface area contributed by atoms with Gasteiger partial charge in [-0.1, -0.05) is 18.2 Å². The highest BCUT2D eigenvalue weighted by molar-refractivity contribution is 6.64. The van der Waals surface area contributed by atoms with Gasteiger partial charge >= 0.3 is 0 Å². The Kier molecular flexibility index (Phi) is 3.80. The molecular weight excluding hydrogens is 234 g/mol. The van der Waals surface area contributed by atoms with Crippen molar-refractivity contribution in [1.82, 2.24) is 4.81 Å². The predicted molar refractivity (Wildman–Crippen MR) is 66.9 cm³/mol. The SMILES string of the molecule is NC1(c2ccccc2F)CN([B]C=O)CC1CO. The lowest BCUT2D eigenvalue weighted by molar-refractivity contribution is 0.184. The van der Waals surface area contributed by atoms with Crippen LogP contribution < -0.4 is 5.73 Å². The molecule has 1 fully saturated rings. The first-order valence-corrected chi connectivity index (χ1v) is 5.79. The second-order valence-corrected chi connectivity index (χ2v) is 4.61. The van der Waals surface area contributed by atoms with Crippen molar-refractivity contribution in [2.45, 2.75) is 5.54 Å². The molecule has 6 heteroatoms. The number of aliphatic hydroxyl groups is 1. The molecule has 1 aromatic rings. The van der Waals surface area contributed by atoms with Gasteiger partial charge in [-0.15, -0.1) is 0 Å². The fourth-order valence-electron chi connectivity index (χ4n) is 2.54. The lowest BCUT2D eigenvalue weighted by atomic mass is 9.81. The van der Waals surface area contributed by atoms with Crippen LogP contribution in [0.1, 0.15) is 5.56 Å². The number of nitrogens with two attached hydrogens (primary N) is 1. The van der Waals surface area contributed by atoms with Gasteiger partial charge in [-0.2, -0.15) is 0 Å². The molecule has 2 rings (SSSR count). The van der Waals surface area contributed by atoms with Gasteiger partial charge in [0, 0.05) is 24.6 Å². The second kappa shape index (κ2) is 5.18. The Hall–Kier alpha value is -1.24. The molecule has 0 saturated carbocycles. The van der Waals surface area contributed by atoms with Gasteiger partial charge in [-0.25, -0.2) is 4.39 Å². The van der Waals surface area contributed by atoms with Crippen molar-refractivity contribution >= 4 is 13.6 Å². The van der Waals surface area contributed by atoms with Crippen LogP contribution in [0.2, 0.25) is 0 Å². The van der Waals surface area contributed by atoms with Crippen LogP contribution in [0.15, 0.2) is 24.3 Å². The van der Waals surface area contributed by atoms with Gasteiger partial charge in [0.2, 0.25) is 0 Å². The van der Waals surface area contributed by atoms with E-state index in [1.54, 1.807) is 23.0 Å². The van der Waals surface area contributed by atoms with Crippen LogP contribution in [-0.4, -0.2) is 43.2 Å². The number of benzene rings is 1. The van der Waals surface area contributed by atoms with Crippen molar-refractivity contribution in [2.75, 3.05) is 19.7 Å². The van der Waals surface area contributed by atoms with E-state index in [9.17, 15) is 14.3 Å². The summed E-state index contributed by atoms with van der Waals surface area (Å²) >= 11 is 0. The van der Waals surface area contributed by atoms with E-state index in [0.717, 1.165) is 0 Å². The third-order valence-electron chi connectivity index (χ3n) is 3.52. The summed E-state index contributed by atoms with van der Waals surface area (Å²) in [5.74, 6) is -0.683. The predicted octanol–water partition coefficient (Wildman–Crippen LogP) is -0.287. The van der Waals surface area contributed by atoms with E-state index >= 15 is 0 Å². The van der Waals surface area contributed by atoms with E-state index in [4.69, 9.17) is 5.73 Å². The summed E-state index contributed by atoms with van der Waals surface area (Å²) in [6.07, 6.45) is 0.668. The summed E-state index contributed by atoms with van der Waals surface area (Å²) in [4.78, 5) is 12.2. The van der Waals surface area contributed by atoms with Gasteiger partial charge in [0.05, 0.1) is 11.7 Å². The lowest BCUT2D eigenvalue weighted by Gasteiger charge is -2.30. The Balaban J connectivity index is 2.34. The van der Waals surface area contributed by atoms with Crippen LogP contribution in [-0.2, 0) is 10.3 Å². The molecule has 4 nitrogen and oxygen atoms in total. The Morgan fingerprint density at radius 3 is 2.94 bits per heavy atom. The van der Waals surface area contributed by atoms with E-state index in [1.165, 1.54) is 13.5 Å². The molecule has 2 atom stereocenters. The Bertz CT molecular complexity index is 446. The van der Waals surface area contributed by atoms with Crippen molar-refractivity contribution in [3.05, 3.63) is 35.6 Å². The van der Waals surface area contributed by atoms with Crippen molar-refractivity contribution in [2.24, 2.45) is 11.7 Å². The van der Waals surface area contributed by atoms with E-state index in [-0.39, 0.29) is 18.3 Å². The fraction of sp³-hybridized carbons (Fsp3) is 0.417. The molecule has 1 aliphatic heterocycles. The van der Waals surface area contributed by atoms with E-state index in [0.29, 0.717) is 24.8 Å². The third-order valence-corrected chi connectivity index (χ3v) is 3.52. The molecule has 18 heavy (non-hydrogen) atoms. The number of hydrogen-bond donors (Lipinski definition) is 2. The van der Waals surface area contributed by atoms with Gasteiger partial charge in [0.1, 0.15) is 5.82 Å². The largest absolute Gasteiger partial charge is 0.396 e. The van der Waals surface area contributed by atoms with Crippen LogP contribution in [0, 0.1) is 11.7 Å². The molecule has 0 bridgehead atoms. The second-order valence-electron chi connectivity index (χ2n) is 4.61. The molecule has 95 valence electrons. The van der Waals surface area contributed by atoms with Gasteiger partial charge in [-0.3, -0.25) is 0 Å². The van der Waals surface area contributed by atoms with Gasteiger partial charge in [-0.05, 0) is 12.6 Å². The molecule has 1 aromatic carbocycles. The van der Waals surface area contributed by atoms with Crippen LogP contribution in [0.4, 0.5) is 4.39 Å². The molecule has 1 heterocycles. The average Bonchev–Trinajstić information content (AvgIpc) is 2.67. The van der Waals surface area contributed by atoms with Crippen molar-refractivity contribution in [1.29, 1.82) is 0 Å². The van der Waals surface area contributed by atoms with Crippen LogP contribution in [0.3, 0.4) is 0 Å². The Labute approximate surface area is 106 Å². The number of carbonyl (C=O) groups is 1. The normalized spacial score (nSPS) is 28.3. The topological polar surface area (TPSA) is 66.6 Å². The van der Waals surface area contributed by atoms with Crippen molar-refractivity contribution in [3.63, 3.8) is 0 Å². The van der Waals surface area contributed by atoms with Crippen LogP contribution >= 0.6 is 0 Å². The maximum Gasteiger partial charge on any atom is 0.293 e. The highest BCUT2D eigenvalue weighted by atomic mass is 19.1. The first-order chi connectivity index (χ1) is 8.61. The zero-order chi connectivity index (χ0) is 13.2. The zero-order valence-corrected chi connectivity index (χ0v) is 9.92. The molecule has 1 saturated heterocycles. The molecular formula is C12H15BFN2O2. The number of halogens is 1. The lowest BCUT2D eigenvalue weighted by Crippen LogP contribution is -2.46. The monoisotopic (exact) mass is 249 g/mol. The van der Waals surface area contributed by atoms with Crippen LogP contribution in [0.5, 0.6) is 0 Å². The molecule has 0 aliphatic carbocycles. The summed E-state index contributed by atoms with van der Waals surface area (Å²) in [7, 11) is 1.37. The molecule has 1 radical (unpaired) electrons. The summed E-state index contributed by atoms with van der Waals surface area (Å²) < 4.78 is 13.8. The van der Waals surface area contributed by atoms with Gasteiger partial charge in [0.25, 0.3) is 7.41 Å². The summed E-state index contributed by atoms with van der Waals surface area (Å²) in [5.41, 5.74) is 5.69. The first-order valence-electron chi connectivity index (χ1n) is 5.79. The Morgan fingerprint density at radius 1 is 1.61 bits per heavy atom. The first kappa shape index (κ1) is 13.2. The zero-order valence-electron chi connectivity index (χ0n) is 9.92. The molecule has 0 aromatic heterocycles. The number of aliphatic hydroxyl groups excluding tert-OH is 1. The standard InChI is InChI=1S/C12H15BFN2O2/c14-11-4-2-1-3-10(11)12(15)7-16(13-8-18)5-9(12)6-17/h1-4,8-9,17H,5-7,15H2. The summed E-state index contributed by atoms with van der Waals surface area (Å²) in [6, 6.07) is 6.29. The minimum absolute atomic E-state index is 0.145. The summed E-state index contributed by atoms with van der Waals surface area (Å²) in [6.45, 7) is 0.617. The van der Waals surface area contributed by atoms with Gasteiger partial charge < -0.3 is 20.4 Å². The quantitative estimate of drug-likeness (QED) is 0.568. The number of carbonyl (C=O) groups excluding carboxylic acids is 1. The van der Waals surface area contributed by atoms with Crippen molar-refractivity contribution < 1.29 is 14.3 Å². The molecule has 1 aliphatic rings. The fourth-order valence-corrected chi connectivity index (χ4v) is 2.54. The molecule has 2 unspecified atom stereocenters. The maximum atomic E-state index is 13.8. The van der Waals surface area contributed by atoms with E-state index in [2.05, 4.69) is 0 Å². The minimum Gasteiger partial charge on any atom is -0.396 e. The molecule has 0 spiro atoms. The summed E-state index contributed by atoms with van der Waals surface area (Å²) in [5, 5.41) is 9.41.